The van der Waals surface area contributed by atoms with E-state index in [2.05, 4.69) is 5.32 Å². The highest BCUT2D eigenvalue weighted by Crippen LogP contribution is 2.33. The summed E-state index contributed by atoms with van der Waals surface area (Å²) in [7, 11) is 4.80. The molecule has 0 saturated carbocycles. The number of fused-ring (bicyclic) bond motifs is 1. The van der Waals surface area contributed by atoms with E-state index < -0.39 is 18.0 Å². The smallest absolute Gasteiger partial charge is 0.338 e. The summed E-state index contributed by atoms with van der Waals surface area (Å²) in [5, 5.41) is 2.78. The number of hydrogen-bond acceptors (Lipinski definition) is 8. The molecular weight excluding hydrogens is 546 g/mol. The number of nitrogens with one attached hydrogen (secondary N) is 1. The number of anilines is 1. The lowest BCUT2D eigenvalue weighted by Crippen LogP contribution is -2.32. The molecule has 0 aliphatic rings. The Morgan fingerprint density at radius 2 is 1.16 bits per heavy atom. The van der Waals surface area contributed by atoms with Crippen LogP contribution in [-0.2, 0) is 9.53 Å². The molecule has 1 atom stereocenters. The lowest BCUT2D eigenvalue weighted by atomic mass is 10.0. The van der Waals surface area contributed by atoms with E-state index in [1.807, 2.05) is 48.5 Å². The molecule has 218 valence electrons. The van der Waals surface area contributed by atoms with E-state index in [4.69, 9.17) is 28.9 Å². The van der Waals surface area contributed by atoms with Crippen molar-refractivity contribution in [3.05, 3.63) is 96.6 Å². The number of esters is 1. The van der Waals surface area contributed by atoms with Gasteiger partial charge in [0.2, 0.25) is 0 Å². The van der Waals surface area contributed by atoms with Crippen LogP contribution in [0.3, 0.4) is 0 Å². The maximum atomic E-state index is 13.2. The Balaban J connectivity index is 1.44. The van der Waals surface area contributed by atoms with Gasteiger partial charge in [0.05, 0.1) is 49.3 Å². The van der Waals surface area contributed by atoms with Crippen LogP contribution >= 0.6 is 0 Å². The molecule has 4 aromatic carbocycles. The van der Waals surface area contributed by atoms with Gasteiger partial charge in [-0.25, -0.2) is 14.8 Å². The van der Waals surface area contributed by atoms with Crippen molar-refractivity contribution in [2.45, 2.75) is 19.4 Å². The molecule has 0 fully saturated rings. The minimum absolute atomic E-state index is 0.260. The van der Waals surface area contributed by atoms with Crippen LogP contribution in [0.15, 0.2) is 91.0 Å². The second-order valence-electron chi connectivity index (χ2n) is 9.60. The van der Waals surface area contributed by atoms with Crippen molar-refractivity contribution in [1.29, 1.82) is 0 Å². The number of aromatic nitrogens is 2. The number of rotatable bonds is 10. The number of methoxy groups -OCH3 is 3. The molecular formula is C34H31N3O6. The third-order valence-corrected chi connectivity index (χ3v) is 6.90. The first-order chi connectivity index (χ1) is 20.9. The lowest BCUT2D eigenvalue weighted by molar-refractivity contribution is -0.124. The molecule has 0 radical (unpaired) electrons. The van der Waals surface area contributed by atoms with Crippen molar-refractivity contribution >= 4 is 28.6 Å². The zero-order chi connectivity index (χ0) is 30.3. The van der Waals surface area contributed by atoms with Gasteiger partial charge in [-0.3, -0.25) is 4.79 Å². The summed E-state index contributed by atoms with van der Waals surface area (Å²) in [4.78, 5) is 35.9. The minimum atomic E-state index is -0.983. The molecule has 1 aromatic heterocycles. The number of carbonyl (C=O) groups is 2. The Hall–Kier alpha value is -5.44. The number of carbonyl (C=O) groups excluding carboxylic acids is 2. The Morgan fingerprint density at radius 3 is 1.65 bits per heavy atom. The van der Waals surface area contributed by atoms with Crippen molar-refractivity contribution in [2.75, 3.05) is 26.6 Å². The molecule has 9 heteroatoms. The molecule has 5 rings (SSSR count). The van der Waals surface area contributed by atoms with Crippen LogP contribution in [0, 0.1) is 0 Å². The fourth-order valence-corrected chi connectivity index (χ4v) is 4.50. The minimum Gasteiger partial charge on any atom is -0.497 e. The summed E-state index contributed by atoms with van der Waals surface area (Å²) < 4.78 is 21.4. The van der Waals surface area contributed by atoms with Gasteiger partial charge in [-0.1, -0.05) is 6.92 Å². The van der Waals surface area contributed by atoms with E-state index in [1.54, 1.807) is 70.7 Å². The van der Waals surface area contributed by atoms with Gasteiger partial charge in [0.15, 0.2) is 6.10 Å². The largest absolute Gasteiger partial charge is 0.497 e. The van der Waals surface area contributed by atoms with Gasteiger partial charge in [0, 0.05) is 16.8 Å². The first kappa shape index (κ1) is 29.1. The SMILES string of the molecule is CCC(OC(=O)c1ccc2nc(-c3ccc(OC)cc3)c(-c3ccc(OC)cc3)nc2c1)C(=O)Nc1ccc(OC)cc1. The van der Waals surface area contributed by atoms with Crippen LogP contribution in [0.2, 0.25) is 0 Å². The Morgan fingerprint density at radius 1 is 0.674 bits per heavy atom. The van der Waals surface area contributed by atoms with Crippen molar-refractivity contribution < 1.29 is 28.5 Å². The quantitative estimate of drug-likeness (QED) is 0.186. The molecule has 0 bridgehead atoms. The molecule has 5 aromatic rings. The summed E-state index contributed by atoms with van der Waals surface area (Å²) in [5.74, 6) is 1.06. The second-order valence-corrected chi connectivity index (χ2v) is 9.60. The lowest BCUT2D eigenvalue weighted by Gasteiger charge is -2.16. The third kappa shape index (κ3) is 6.56. The van der Waals surface area contributed by atoms with Gasteiger partial charge in [-0.15, -0.1) is 0 Å². The predicted octanol–water partition coefficient (Wildman–Crippen LogP) is 6.56. The van der Waals surface area contributed by atoms with E-state index in [1.165, 1.54) is 0 Å². The number of nitrogens with zero attached hydrogens (tertiary/aromatic N) is 2. The average molecular weight is 578 g/mol. The highest BCUT2D eigenvalue weighted by Gasteiger charge is 2.23. The second kappa shape index (κ2) is 13.0. The monoisotopic (exact) mass is 577 g/mol. The van der Waals surface area contributed by atoms with Gasteiger partial charge in [0.1, 0.15) is 17.2 Å². The van der Waals surface area contributed by atoms with E-state index in [9.17, 15) is 9.59 Å². The molecule has 1 amide bonds. The van der Waals surface area contributed by atoms with Gasteiger partial charge in [-0.05, 0) is 97.4 Å². The fraction of sp³-hybridized carbons (Fsp3) is 0.176. The molecule has 0 aliphatic heterocycles. The van der Waals surface area contributed by atoms with Crippen LogP contribution in [-0.4, -0.2) is 49.3 Å². The first-order valence-electron chi connectivity index (χ1n) is 13.7. The van der Waals surface area contributed by atoms with Crippen molar-refractivity contribution in [1.82, 2.24) is 9.97 Å². The summed E-state index contributed by atoms with van der Waals surface area (Å²) >= 11 is 0. The standard InChI is InChI=1S/C34H31N3O6/c1-5-30(33(38)35-24-11-17-27(42-4)18-12-24)43-34(39)23-10-19-28-29(20-23)37-32(22-8-15-26(41-3)16-9-22)31(36-28)21-6-13-25(40-2)14-7-21/h6-20,30H,5H2,1-4H3,(H,35,38). The molecule has 43 heavy (non-hydrogen) atoms. The fourth-order valence-electron chi connectivity index (χ4n) is 4.50. The molecule has 9 nitrogen and oxygen atoms in total. The Bertz CT molecular complexity index is 1740. The Labute approximate surface area is 249 Å². The van der Waals surface area contributed by atoms with Crippen LogP contribution in [0.4, 0.5) is 5.69 Å². The zero-order valence-corrected chi connectivity index (χ0v) is 24.3. The summed E-state index contributed by atoms with van der Waals surface area (Å²) in [6.45, 7) is 1.78. The zero-order valence-electron chi connectivity index (χ0n) is 24.3. The maximum absolute atomic E-state index is 13.2. The molecule has 0 spiro atoms. The highest BCUT2D eigenvalue weighted by molar-refractivity contribution is 5.99. The van der Waals surface area contributed by atoms with Crippen LogP contribution in [0.25, 0.3) is 33.5 Å². The molecule has 1 unspecified atom stereocenters. The summed E-state index contributed by atoms with van der Waals surface area (Å²) in [5.41, 5.74) is 4.94. The average Bonchev–Trinajstić information content (AvgIpc) is 3.06. The molecule has 1 heterocycles. The van der Waals surface area contributed by atoms with E-state index >= 15 is 0 Å². The van der Waals surface area contributed by atoms with E-state index in [-0.39, 0.29) is 5.56 Å². The maximum Gasteiger partial charge on any atom is 0.338 e. The normalized spacial score (nSPS) is 11.4. The first-order valence-corrected chi connectivity index (χ1v) is 13.7. The van der Waals surface area contributed by atoms with Crippen molar-refractivity contribution in [3.63, 3.8) is 0 Å². The Kier molecular flexibility index (Phi) is 8.81. The number of hydrogen-bond donors (Lipinski definition) is 1. The van der Waals surface area contributed by atoms with Crippen LogP contribution < -0.4 is 19.5 Å². The van der Waals surface area contributed by atoms with Crippen molar-refractivity contribution in [3.8, 4) is 39.8 Å². The number of amides is 1. The van der Waals surface area contributed by atoms with Crippen LogP contribution in [0.5, 0.6) is 17.2 Å². The summed E-state index contributed by atoms with van der Waals surface area (Å²) in [6.07, 6.45) is -0.683. The predicted molar refractivity (Wildman–Crippen MR) is 165 cm³/mol. The topological polar surface area (TPSA) is 109 Å². The molecule has 0 saturated heterocycles. The molecule has 0 aliphatic carbocycles. The number of benzene rings is 4. The number of ether oxygens (including phenoxy) is 4. The van der Waals surface area contributed by atoms with Gasteiger partial charge < -0.3 is 24.3 Å². The van der Waals surface area contributed by atoms with Crippen LogP contribution in [0.1, 0.15) is 23.7 Å². The molecule has 1 N–H and O–H groups in total. The van der Waals surface area contributed by atoms with Gasteiger partial charge in [-0.2, -0.15) is 0 Å². The van der Waals surface area contributed by atoms with Crippen molar-refractivity contribution in [2.24, 2.45) is 0 Å². The third-order valence-electron chi connectivity index (χ3n) is 6.90. The van der Waals surface area contributed by atoms with Gasteiger partial charge >= 0.3 is 5.97 Å². The highest BCUT2D eigenvalue weighted by atomic mass is 16.5. The summed E-state index contributed by atoms with van der Waals surface area (Å²) in [6, 6.07) is 27.0. The van der Waals surface area contributed by atoms with E-state index in [0.29, 0.717) is 40.3 Å². The van der Waals surface area contributed by atoms with E-state index in [0.717, 1.165) is 22.6 Å². The van der Waals surface area contributed by atoms with Gasteiger partial charge in [0.25, 0.3) is 5.91 Å².